The molecule has 4 nitrogen and oxygen atoms in total. The summed E-state index contributed by atoms with van der Waals surface area (Å²) in [4.78, 5) is 16.2. The van der Waals surface area contributed by atoms with E-state index in [0.29, 0.717) is 16.5 Å². The van der Waals surface area contributed by atoms with E-state index in [1.807, 2.05) is 12.1 Å². The number of benzene rings is 1. The highest BCUT2D eigenvalue weighted by atomic mass is 32.2. The molecule has 9 heteroatoms. The molecule has 0 fully saturated rings. The minimum atomic E-state index is -4.34. The van der Waals surface area contributed by atoms with Gasteiger partial charge in [-0.25, -0.2) is 0 Å². The summed E-state index contributed by atoms with van der Waals surface area (Å²) >= 11 is 1.24. The Morgan fingerprint density at radius 1 is 1.04 bits per heavy atom. The van der Waals surface area contributed by atoms with Crippen LogP contribution in [0.5, 0.6) is 0 Å². The van der Waals surface area contributed by atoms with Gasteiger partial charge in [0, 0.05) is 28.7 Å². The molecule has 0 spiro atoms. The van der Waals surface area contributed by atoms with E-state index in [1.165, 1.54) is 36.0 Å². The number of hydrogen-bond donors (Lipinski definition) is 1. The SMILES string of the molecule is O=C(Nc1ccc(SC(F)(F)F)cc1)c1ccc(SCc2ccncc2)o1. The van der Waals surface area contributed by atoms with Crippen molar-refractivity contribution in [3.63, 3.8) is 0 Å². The monoisotopic (exact) mass is 410 g/mol. The number of amides is 1. The van der Waals surface area contributed by atoms with Gasteiger partial charge in [0.05, 0.1) is 0 Å². The zero-order valence-corrected chi connectivity index (χ0v) is 15.3. The van der Waals surface area contributed by atoms with Gasteiger partial charge in [-0.3, -0.25) is 9.78 Å². The lowest BCUT2D eigenvalue weighted by atomic mass is 10.3. The third-order valence-corrected chi connectivity index (χ3v) is 5.00. The summed E-state index contributed by atoms with van der Waals surface area (Å²) in [6.45, 7) is 0. The number of thioether (sulfide) groups is 2. The van der Waals surface area contributed by atoms with Crippen molar-refractivity contribution in [3.05, 3.63) is 72.2 Å². The average Bonchev–Trinajstić information content (AvgIpc) is 3.10. The molecule has 0 aliphatic heterocycles. The number of hydrogen-bond acceptors (Lipinski definition) is 5. The lowest BCUT2D eigenvalue weighted by Gasteiger charge is -2.07. The van der Waals surface area contributed by atoms with Crippen molar-refractivity contribution in [2.24, 2.45) is 0 Å². The van der Waals surface area contributed by atoms with Gasteiger partial charge in [-0.1, -0.05) is 11.8 Å². The topological polar surface area (TPSA) is 55.1 Å². The Labute approximate surface area is 161 Å². The van der Waals surface area contributed by atoms with Crippen LogP contribution in [0.4, 0.5) is 18.9 Å². The van der Waals surface area contributed by atoms with Crippen LogP contribution in [0.2, 0.25) is 0 Å². The van der Waals surface area contributed by atoms with Gasteiger partial charge in [0.25, 0.3) is 5.91 Å². The molecular weight excluding hydrogens is 397 g/mol. The molecule has 0 aliphatic carbocycles. The first-order valence-corrected chi connectivity index (χ1v) is 9.48. The lowest BCUT2D eigenvalue weighted by molar-refractivity contribution is -0.0328. The molecule has 0 aliphatic rings. The van der Waals surface area contributed by atoms with Gasteiger partial charge < -0.3 is 9.73 Å². The number of anilines is 1. The number of pyridine rings is 1. The summed E-state index contributed by atoms with van der Waals surface area (Å²) < 4.78 is 42.5. The highest BCUT2D eigenvalue weighted by Crippen LogP contribution is 2.37. The standard InChI is InChI=1S/C18H13F3N2O2S2/c19-18(20,21)27-14-3-1-13(2-4-14)23-17(24)15-5-6-16(25-15)26-11-12-7-9-22-10-8-12/h1-10H,11H2,(H,23,24). The van der Waals surface area contributed by atoms with Crippen molar-refractivity contribution in [2.75, 3.05) is 5.32 Å². The molecule has 1 amide bonds. The Bertz CT molecular complexity index is 897. The van der Waals surface area contributed by atoms with Crippen LogP contribution in [0.3, 0.4) is 0 Å². The highest BCUT2D eigenvalue weighted by molar-refractivity contribution is 8.00. The van der Waals surface area contributed by atoms with Crippen LogP contribution < -0.4 is 5.32 Å². The fourth-order valence-corrected chi connectivity index (χ4v) is 3.44. The summed E-state index contributed by atoms with van der Waals surface area (Å²) in [5.41, 5.74) is -2.88. The van der Waals surface area contributed by atoms with E-state index in [0.717, 1.165) is 5.56 Å². The summed E-state index contributed by atoms with van der Waals surface area (Å²) in [6.07, 6.45) is 3.41. The molecule has 3 rings (SSSR count). The second-order valence-electron chi connectivity index (χ2n) is 5.29. The van der Waals surface area contributed by atoms with Crippen LogP contribution in [0.1, 0.15) is 16.1 Å². The second kappa shape index (κ2) is 8.53. The van der Waals surface area contributed by atoms with Gasteiger partial charge in [0.15, 0.2) is 10.9 Å². The van der Waals surface area contributed by atoms with E-state index in [1.54, 1.807) is 24.5 Å². The van der Waals surface area contributed by atoms with E-state index < -0.39 is 11.4 Å². The van der Waals surface area contributed by atoms with Gasteiger partial charge in [-0.2, -0.15) is 13.2 Å². The molecule has 140 valence electrons. The van der Waals surface area contributed by atoms with Crippen molar-refractivity contribution in [1.82, 2.24) is 4.98 Å². The zero-order valence-electron chi connectivity index (χ0n) is 13.7. The number of nitrogens with zero attached hydrogens (tertiary/aromatic N) is 1. The maximum Gasteiger partial charge on any atom is 0.446 e. The molecule has 2 aromatic heterocycles. The quantitative estimate of drug-likeness (QED) is 0.518. The summed E-state index contributed by atoms with van der Waals surface area (Å²) in [5, 5.41) is 3.19. The van der Waals surface area contributed by atoms with Gasteiger partial charge in [0.2, 0.25) is 0 Å². The molecule has 0 saturated carbocycles. The van der Waals surface area contributed by atoms with E-state index in [9.17, 15) is 18.0 Å². The van der Waals surface area contributed by atoms with Crippen molar-refractivity contribution in [1.29, 1.82) is 0 Å². The van der Waals surface area contributed by atoms with Crippen LogP contribution in [0, 0.1) is 0 Å². The van der Waals surface area contributed by atoms with Crippen LogP contribution in [-0.4, -0.2) is 16.4 Å². The summed E-state index contributed by atoms with van der Waals surface area (Å²) in [5.74, 6) is 0.332. The van der Waals surface area contributed by atoms with Crippen molar-refractivity contribution in [3.8, 4) is 0 Å². The first-order chi connectivity index (χ1) is 12.9. The van der Waals surface area contributed by atoms with Crippen LogP contribution >= 0.6 is 23.5 Å². The Morgan fingerprint density at radius 2 is 1.74 bits per heavy atom. The van der Waals surface area contributed by atoms with E-state index in [2.05, 4.69) is 10.3 Å². The predicted octanol–water partition coefficient (Wildman–Crippen LogP) is 5.83. The van der Waals surface area contributed by atoms with Gasteiger partial charge >= 0.3 is 5.51 Å². The molecule has 0 atom stereocenters. The van der Waals surface area contributed by atoms with Gasteiger partial charge in [0.1, 0.15) is 0 Å². The molecule has 0 bridgehead atoms. The largest absolute Gasteiger partial charge is 0.446 e. The first-order valence-electron chi connectivity index (χ1n) is 7.68. The summed E-state index contributed by atoms with van der Waals surface area (Å²) in [7, 11) is 0. The first kappa shape index (κ1) is 19.4. The minimum absolute atomic E-state index is 0.0493. The van der Waals surface area contributed by atoms with Gasteiger partial charge in [-0.05, 0) is 65.9 Å². The van der Waals surface area contributed by atoms with Crippen molar-refractivity contribution >= 4 is 35.1 Å². The number of halogens is 3. The number of furan rings is 1. The Kier molecular flexibility index (Phi) is 6.12. The van der Waals surface area contributed by atoms with Crippen LogP contribution in [0.25, 0.3) is 0 Å². The fourth-order valence-electron chi connectivity index (χ4n) is 2.09. The number of rotatable bonds is 6. The molecule has 0 radical (unpaired) electrons. The third-order valence-electron chi connectivity index (χ3n) is 3.28. The van der Waals surface area contributed by atoms with Crippen molar-refractivity contribution < 1.29 is 22.4 Å². The normalized spacial score (nSPS) is 11.4. The lowest BCUT2D eigenvalue weighted by Crippen LogP contribution is -2.10. The smallest absolute Gasteiger partial charge is 0.445 e. The number of alkyl halides is 3. The van der Waals surface area contributed by atoms with Gasteiger partial charge in [-0.15, -0.1) is 0 Å². The molecule has 1 N–H and O–H groups in total. The average molecular weight is 410 g/mol. The number of carbonyl (C=O) groups excluding carboxylic acids is 1. The summed E-state index contributed by atoms with van der Waals surface area (Å²) in [6, 6.07) is 12.5. The van der Waals surface area contributed by atoms with Crippen LogP contribution in [-0.2, 0) is 5.75 Å². The third kappa shape index (κ3) is 6.07. The second-order valence-corrected chi connectivity index (χ2v) is 7.41. The molecule has 1 aromatic carbocycles. The number of nitrogens with one attached hydrogen (secondary N) is 1. The molecule has 2 heterocycles. The molecule has 0 unspecified atom stereocenters. The van der Waals surface area contributed by atoms with E-state index >= 15 is 0 Å². The van der Waals surface area contributed by atoms with Crippen molar-refractivity contribution in [2.45, 2.75) is 21.2 Å². The molecule has 27 heavy (non-hydrogen) atoms. The molecule has 0 saturated heterocycles. The zero-order chi connectivity index (χ0) is 19.3. The van der Waals surface area contributed by atoms with E-state index in [4.69, 9.17) is 4.42 Å². The minimum Gasteiger partial charge on any atom is -0.445 e. The number of carbonyl (C=O) groups is 1. The maximum absolute atomic E-state index is 12.3. The highest BCUT2D eigenvalue weighted by Gasteiger charge is 2.29. The Morgan fingerprint density at radius 3 is 2.41 bits per heavy atom. The molecule has 3 aromatic rings. The fraction of sp³-hybridized carbons (Fsp3) is 0.111. The number of aromatic nitrogens is 1. The maximum atomic E-state index is 12.3. The predicted molar refractivity (Wildman–Crippen MR) is 98.8 cm³/mol. The van der Waals surface area contributed by atoms with E-state index in [-0.39, 0.29) is 22.4 Å². The molecular formula is C18H13F3N2O2S2. The Balaban J connectivity index is 1.56. The van der Waals surface area contributed by atoms with Crippen LogP contribution in [0.15, 0.2) is 75.3 Å². The Hall–Kier alpha value is -2.39.